The van der Waals surface area contributed by atoms with Crippen LogP contribution >= 0.6 is 0 Å². The number of rotatable bonds is 4. The van der Waals surface area contributed by atoms with E-state index in [0.717, 1.165) is 31.4 Å². The molecule has 0 N–H and O–H groups in total. The monoisotopic (exact) mass is 248 g/mol. The van der Waals surface area contributed by atoms with Gasteiger partial charge in [0.1, 0.15) is 5.75 Å². The number of hydrogen-bond donors (Lipinski definition) is 0. The van der Waals surface area contributed by atoms with Crippen molar-refractivity contribution in [3.63, 3.8) is 0 Å². The zero-order chi connectivity index (χ0) is 12.8. The van der Waals surface area contributed by atoms with E-state index in [1.165, 1.54) is 5.56 Å². The zero-order valence-electron chi connectivity index (χ0n) is 10.9. The first-order valence-electron chi connectivity index (χ1n) is 6.83. The van der Waals surface area contributed by atoms with Crippen LogP contribution in [0.3, 0.4) is 0 Å². The van der Waals surface area contributed by atoms with Gasteiger partial charge in [-0.05, 0) is 62.1 Å². The van der Waals surface area contributed by atoms with Crippen molar-refractivity contribution in [3.05, 3.63) is 42.2 Å². The number of halogens is 1. The average molecular weight is 248 g/mol. The smallest absolute Gasteiger partial charge is 0.119 e. The second-order valence-corrected chi connectivity index (χ2v) is 4.93. The van der Waals surface area contributed by atoms with Crippen LogP contribution in [0.25, 0.3) is 0 Å². The zero-order valence-corrected chi connectivity index (χ0v) is 10.9. The minimum atomic E-state index is 0.439. The highest BCUT2D eigenvalue weighted by Crippen LogP contribution is 2.36. The summed E-state index contributed by atoms with van der Waals surface area (Å²) in [6, 6.07) is 8.43. The molecule has 1 aromatic rings. The lowest BCUT2D eigenvalue weighted by molar-refractivity contribution is 0.339. The second-order valence-electron chi connectivity index (χ2n) is 4.93. The van der Waals surface area contributed by atoms with E-state index in [4.69, 9.17) is 4.74 Å². The van der Waals surface area contributed by atoms with E-state index in [2.05, 4.69) is 12.1 Å². The van der Waals surface area contributed by atoms with E-state index < -0.39 is 0 Å². The number of hydrogen-bond acceptors (Lipinski definition) is 1. The molecule has 2 heteroatoms. The number of ether oxygens (including phenoxy) is 1. The van der Waals surface area contributed by atoms with Crippen molar-refractivity contribution >= 4 is 0 Å². The molecule has 0 atom stereocenters. The maximum Gasteiger partial charge on any atom is 0.119 e. The molecule has 0 radical (unpaired) electrons. The van der Waals surface area contributed by atoms with Crippen LogP contribution in [0.15, 0.2) is 36.7 Å². The maximum atomic E-state index is 12.1. The molecule has 0 aliphatic heterocycles. The van der Waals surface area contributed by atoms with Crippen LogP contribution in [0.1, 0.15) is 44.1 Å². The van der Waals surface area contributed by atoms with E-state index in [0.29, 0.717) is 24.8 Å². The molecule has 18 heavy (non-hydrogen) atoms. The molecule has 0 bridgehead atoms. The lowest BCUT2D eigenvalue weighted by atomic mass is 9.79. The maximum absolute atomic E-state index is 12.1. The normalized spacial score (nSPS) is 24.3. The van der Waals surface area contributed by atoms with Gasteiger partial charge in [0.2, 0.25) is 0 Å². The van der Waals surface area contributed by atoms with E-state index in [1.54, 1.807) is 6.08 Å². The van der Waals surface area contributed by atoms with Crippen LogP contribution in [0.5, 0.6) is 5.75 Å². The summed E-state index contributed by atoms with van der Waals surface area (Å²) in [5.41, 5.74) is 1.39. The van der Waals surface area contributed by atoms with E-state index >= 15 is 0 Å². The predicted molar refractivity (Wildman–Crippen MR) is 72.6 cm³/mol. The van der Waals surface area contributed by atoms with Crippen LogP contribution < -0.4 is 4.74 Å². The molecule has 2 rings (SSSR count). The first-order valence-corrected chi connectivity index (χ1v) is 6.83. The van der Waals surface area contributed by atoms with Gasteiger partial charge in [-0.1, -0.05) is 18.2 Å². The molecule has 0 amide bonds. The first-order chi connectivity index (χ1) is 8.83. The number of benzene rings is 1. The molecule has 0 heterocycles. The summed E-state index contributed by atoms with van der Waals surface area (Å²) in [5, 5.41) is 0. The summed E-state index contributed by atoms with van der Waals surface area (Å²) in [5.74, 6) is 2.01. The third-order valence-electron chi connectivity index (χ3n) is 3.78. The molecule has 0 unspecified atom stereocenters. The van der Waals surface area contributed by atoms with Crippen molar-refractivity contribution in [2.75, 3.05) is 6.61 Å². The summed E-state index contributed by atoms with van der Waals surface area (Å²) in [6.45, 7) is 2.70. The van der Waals surface area contributed by atoms with Crippen LogP contribution in [0, 0.1) is 5.92 Å². The summed E-state index contributed by atoms with van der Waals surface area (Å²) in [7, 11) is 0. The van der Waals surface area contributed by atoms with Gasteiger partial charge in [-0.2, -0.15) is 0 Å². The summed E-state index contributed by atoms with van der Waals surface area (Å²) in [6.07, 6.45) is 6.90. The fraction of sp³-hybridized carbons (Fsp3) is 0.500. The van der Waals surface area contributed by atoms with Gasteiger partial charge in [-0.25, -0.2) is 4.39 Å². The lowest BCUT2D eigenvalue weighted by Gasteiger charge is -2.26. The Morgan fingerprint density at radius 3 is 2.39 bits per heavy atom. The Labute approximate surface area is 109 Å². The van der Waals surface area contributed by atoms with Crippen molar-refractivity contribution in [2.24, 2.45) is 5.92 Å². The second kappa shape index (κ2) is 6.58. The average Bonchev–Trinajstić information content (AvgIpc) is 2.41. The highest BCUT2D eigenvalue weighted by molar-refractivity contribution is 5.29. The summed E-state index contributed by atoms with van der Waals surface area (Å²) in [4.78, 5) is 0. The summed E-state index contributed by atoms with van der Waals surface area (Å²) < 4.78 is 17.6. The third kappa shape index (κ3) is 3.34. The SMILES string of the molecule is CCOc1ccc([C@H]2CC[C@H](C=CF)CC2)cc1. The molecule has 1 aliphatic rings. The van der Waals surface area contributed by atoms with Crippen molar-refractivity contribution in [3.8, 4) is 5.75 Å². The largest absolute Gasteiger partial charge is 0.494 e. The molecular formula is C16H21FO. The quantitative estimate of drug-likeness (QED) is 0.740. The Morgan fingerprint density at radius 2 is 1.83 bits per heavy atom. The molecular weight excluding hydrogens is 227 g/mol. The molecule has 1 aliphatic carbocycles. The van der Waals surface area contributed by atoms with Gasteiger partial charge < -0.3 is 4.74 Å². The van der Waals surface area contributed by atoms with Crippen LogP contribution in [0.2, 0.25) is 0 Å². The van der Waals surface area contributed by atoms with Gasteiger partial charge in [0, 0.05) is 0 Å². The minimum Gasteiger partial charge on any atom is -0.494 e. The molecule has 98 valence electrons. The first kappa shape index (κ1) is 13.1. The van der Waals surface area contributed by atoms with Crippen LogP contribution in [-0.2, 0) is 0 Å². The van der Waals surface area contributed by atoms with Crippen molar-refractivity contribution in [2.45, 2.75) is 38.5 Å². The molecule has 1 saturated carbocycles. The Hall–Kier alpha value is -1.31. The van der Waals surface area contributed by atoms with Crippen molar-refractivity contribution in [1.29, 1.82) is 0 Å². The predicted octanol–water partition coefficient (Wildman–Crippen LogP) is 4.84. The van der Waals surface area contributed by atoms with E-state index in [9.17, 15) is 4.39 Å². The highest BCUT2D eigenvalue weighted by atomic mass is 19.1. The Bertz CT molecular complexity index is 375. The van der Waals surface area contributed by atoms with Gasteiger partial charge in [0.15, 0.2) is 0 Å². The van der Waals surface area contributed by atoms with E-state index in [1.807, 2.05) is 19.1 Å². The third-order valence-corrected chi connectivity index (χ3v) is 3.78. The fourth-order valence-corrected chi connectivity index (χ4v) is 2.75. The molecule has 0 aromatic heterocycles. The molecule has 1 aromatic carbocycles. The summed E-state index contributed by atoms with van der Waals surface area (Å²) >= 11 is 0. The standard InChI is InChI=1S/C16H21FO/c1-2-18-16-9-7-15(8-10-16)14-5-3-13(4-6-14)11-12-17/h7-14H,2-6H2,1H3/t13-,14-. The van der Waals surface area contributed by atoms with Gasteiger partial charge in [0.25, 0.3) is 0 Å². The van der Waals surface area contributed by atoms with Gasteiger partial charge in [-0.3, -0.25) is 0 Å². The number of allylic oxidation sites excluding steroid dienone is 1. The van der Waals surface area contributed by atoms with E-state index in [-0.39, 0.29) is 0 Å². The minimum absolute atomic E-state index is 0.439. The fourth-order valence-electron chi connectivity index (χ4n) is 2.75. The topological polar surface area (TPSA) is 9.23 Å². The van der Waals surface area contributed by atoms with Crippen LogP contribution in [-0.4, -0.2) is 6.61 Å². The van der Waals surface area contributed by atoms with Gasteiger partial charge in [0.05, 0.1) is 12.9 Å². The molecule has 0 spiro atoms. The Morgan fingerprint density at radius 1 is 1.17 bits per heavy atom. The van der Waals surface area contributed by atoms with Gasteiger partial charge >= 0.3 is 0 Å². The molecule has 1 fully saturated rings. The van der Waals surface area contributed by atoms with Gasteiger partial charge in [-0.15, -0.1) is 0 Å². The molecule has 1 nitrogen and oxygen atoms in total. The Balaban J connectivity index is 1.92. The highest BCUT2D eigenvalue weighted by Gasteiger charge is 2.20. The van der Waals surface area contributed by atoms with Crippen molar-refractivity contribution in [1.82, 2.24) is 0 Å². The Kier molecular flexibility index (Phi) is 4.80. The molecule has 0 saturated heterocycles. The van der Waals surface area contributed by atoms with Crippen molar-refractivity contribution < 1.29 is 9.13 Å². The lowest BCUT2D eigenvalue weighted by Crippen LogP contribution is -2.11. The van der Waals surface area contributed by atoms with Crippen LogP contribution in [0.4, 0.5) is 4.39 Å².